The van der Waals surface area contributed by atoms with E-state index in [9.17, 15) is 0 Å². The highest BCUT2D eigenvalue weighted by Gasteiger charge is 2.69. The molecular weight excluding hydrogens is 1020 g/mol. The van der Waals surface area contributed by atoms with E-state index in [4.69, 9.17) is 0 Å². The number of hydrogen-bond donors (Lipinski definition) is 0. The first-order valence-electron chi connectivity index (χ1n) is 31.7. The number of rotatable bonds is 4. The Balaban J connectivity index is 0.905. The maximum atomic E-state index is 2.74. The molecule has 0 saturated heterocycles. The molecule has 4 aliphatic carbocycles. The lowest BCUT2D eigenvalue weighted by Gasteiger charge is -2.62. The number of para-hydroxylation sites is 2. The Kier molecular flexibility index (Phi) is 9.88. The summed E-state index contributed by atoms with van der Waals surface area (Å²) in [5.74, 6) is 0. The first-order chi connectivity index (χ1) is 40.6. The molecule has 0 N–H and O–H groups in total. The molecule has 0 amide bonds. The van der Waals surface area contributed by atoms with Crippen molar-refractivity contribution in [1.82, 2.24) is 0 Å². The summed E-state index contributed by atoms with van der Waals surface area (Å²) in [6, 6.07) is 81.2. The Bertz CT molecular complexity index is 4480. The van der Waals surface area contributed by atoms with Crippen LogP contribution < -0.4 is 9.80 Å². The lowest BCUT2D eigenvalue weighted by molar-refractivity contribution is -0.0239. The average Bonchev–Trinajstić information content (AvgIpc) is 1.55. The van der Waals surface area contributed by atoms with Crippen LogP contribution in [0.4, 0.5) is 22.7 Å². The maximum Gasteiger partial charge on any atom is 0.0726 e. The van der Waals surface area contributed by atoms with E-state index >= 15 is 0 Å². The van der Waals surface area contributed by atoms with Crippen molar-refractivity contribution in [3.05, 3.63) is 240 Å². The quantitative estimate of drug-likeness (QED) is 0.162. The molecule has 4 atom stereocenters. The molecule has 2 heterocycles. The van der Waals surface area contributed by atoms with Gasteiger partial charge >= 0.3 is 0 Å². The molecule has 0 radical (unpaired) electrons. The number of nitrogens with zero attached hydrogens (tertiary/aromatic N) is 2. The zero-order valence-electron chi connectivity index (χ0n) is 51.9. The summed E-state index contributed by atoms with van der Waals surface area (Å²) in [6.07, 6.45) is 4.53. The van der Waals surface area contributed by atoms with Crippen molar-refractivity contribution >= 4 is 55.1 Å². The molecule has 2 aliphatic heterocycles. The van der Waals surface area contributed by atoms with E-state index in [-0.39, 0.29) is 43.6 Å². The highest BCUT2D eigenvalue weighted by molar-refractivity contribution is 6.27. The third-order valence-electron chi connectivity index (χ3n) is 24.4. The molecule has 6 aliphatic rings. The molecule has 4 unspecified atom stereocenters. The molecular formula is C83H78N2. The molecule has 0 aromatic heterocycles. The van der Waals surface area contributed by atoms with Crippen molar-refractivity contribution in [3.8, 4) is 44.5 Å². The molecule has 420 valence electrons. The molecule has 2 nitrogen and oxygen atoms in total. The zero-order valence-corrected chi connectivity index (χ0v) is 51.9. The summed E-state index contributed by atoms with van der Waals surface area (Å²) in [5, 5.41) is 7.99. The fourth-order valence-electron chi connectivity index (χ4n) is 21.5. The SMILES string of the molecule is CC1(C)CC(C)(C)C2(C)c3cc(-c4ccc5c(c4)C4(c6cc(-c7ccc8c(c7)C7(C)C(C)(C)CC(C)(C)CC7(C)N8c7ccccc7)ccc6-5)c5ccccc5-c5c4cc4ccc6cccc7ccc5c4c67)ccc3N(c3ccccc3)C2(C)C1. The molecule has 17 rings (SSSR count). The van der Waals surface area contributed by atoms with Gasteiger partial charge in [0.1, 0.15) is 0 Å². The second kappa shape index (κ2) is 16.3. The monoisotopic (exact) mass is 1100 g/mol. The van der Waals surface area contributed by atoms with E-state index < -0.39 is 5.41 Å². The van der Waals surface area contributed by atoms with Crippen molar-refractivity contribution in [3.63, 3.8) is 0 Å². The number of anilines is 4. The van der Waals surface area contributed by atoms with Crippen LogP contribution in [0.5, 0.6) is 0 Å². The predicted octanol–water partition coefficient (Wildman–Crippen LogP) is 22.3. The molecule has 2 heteroatoms. The van der Waals surface area contributed by atoms with Crippen LogP contribution >= 0.6 is 0 Å². The second-order valence-electron chi connectivity index (χ2n) is 30.9. The van der Waals surface area contributed by atoms with Crippen molar-refractivity contribution in [2.75, 3.05) is 9.80 Å². The molecule has 2 fully saturated rings. The van der Waals surface area contributed by atoms with Gasteiger partial charge in [-0.05, 0) is 238 Å². The van der Waals surface area contributed by atoms with Crippen molar-refractivity contribution in [2.45, 2.75) is 136 Å². The van der Waals surface area contributed by atoms with Crippen LogP contribution in [0.3, 0.4) is 0 Å². The summed E-state index contributed by atoms with van der Waals surface area (Å²) < 4.78 is 0. The molecule has 85 heavy (non-hydrogen) atoms. The summed E-state index contributed by atoms with van der Waals surface area (Å²) in [7, 11) is 0. The van der Waals surface area contributed by atoms with Crippen LogP contribution in [0.25, 0.3) is 76.8 Å². The van der Waals surface area contributed by atoms with Crippen molar-refractivity contribution in [1.29, 1.82) is 0 Å². The summed E-state index contributed by atoms with van der Waals surface area (Å²) >= 11 is 0. The molecule has 11 aromatic rings. The van der Waals surface area contributed by atoms with Crippen molar-refractivity contribution < 1.29 is 0 Å². The Morgan fingerprint density at radius 3 is 1.25 bits per heavy atom. The third-order valence-corrected chi connectivity index (χ3v) is 24.4. The molecule has 1 spiro atoms. The first kappa shape index (κ1) is 51.5. The topological polar surface area (TPSA) is 6.48 Å². The van der Waals surface area contributed by atoms with E-state index in [0.29, 0.717) is 0 Å². The van der Waals surface area contributed by atoms with Gasteiger partial charge in [-0.1, -0.05) is 209 Å². The number of benzene rings is 11. The van der Waals surface area contributed by atoms with Crippen LogP contribution in [-0.2, 0) is 16.2 Å². The fraction of sp³-hybridized carbons (Fsp3) is 0.301. The average molecular weight is 1100 g/mol. The van der Waals surface area contributed by atoms with Gasteiger partial charge < -0.3 is 9.80 Å². The Morgan fingerprint density at radius 2 is 0.741 bits per heavy atom. The van der Waals surface area contributed by atoms with Gasteiger partial charge in [-0.3, -0.25) is 0 Å². The number of fused-ring (bicyclic) bond motifs is 17. The van der Waals surface area contributed by atoms with Gasteiger partial charge in [0.15, 0.2) is 0 Å². The van der Waals surface area contributed by atoms with Crippen LogP contribution in [0.2, 0.25) is 0 Å². The van der Waals surface area contributed by atoms with Gasteiger partial charge in [0.05, 0.1) is 16.5 Å². The Labute approximate surface area is 503 Å². The summed E-state index contributed by atoms with van der Waals surface area (Å²) in [6.45, 7) is 30.6. The lowest BCUT2D eigenvalue weighted by atomic mass is 9.45. The lowest BCUT2D eigenvalue weighted by Crippen LogP contribution is -2.65. The minimum absolute atomic E-state index is 0.0175. The molecule has 0 bridgehead atoms. The van der Waals surface area contributed by atoms with Crippen LogP contribution in [0.15, 0.2) is 206 Å². The van der Waals surface area contributed by atoms with Gasteiger partial charge in [-0.2, -0.15) is 0 Å². The smallest absolute Gasteiger partial charge is 0.0726 e. The maximum absolute atomic E-state index is 2.74. The van der Waals surface area contributed by atoms with Gasteiger partial charge in [-0.25, -0.2) is 0 Å². The minimum Gasteiger partial charge on any atom is -0.334 e. The van der Waals surface area contributed by atoms with E-state index in [1.165, 1.54) is 133 Å². The van der Waals surface area contributed by atoms with Crippen LogP contribution in [0, 0.1) is 21.7 Å². The van der Waals surface area contributed by atoms with Crippen molar-refractivity contribution in [2.24, 2.45) is 21.7 Å². The van der Waals surface area contributed by atoms with E-state index in [2.05, 4.69) is 299 Å². The highest BCUT2D eigenvalue weighted by atomic mass is 15.3. The van der Waals surface area contributed by atoms with E-state index in [1.54, 1.807) is 0 Å². The van der Waals surface area contributed by atoms with Crippen LogP contribution in [0.1, 0.15) is 142 Å². The Morgan fingerprint density at radius 1 is 0.306 bits per heavy atom. The Hall–Kier alpha value is -7.94. The zero-order chi connectivity index (χ0) is 58.4. The summed E-state index contributed by atoms with van der Waals surface area (Å²) in [4.78, 5) is 5.47. The van der Waals surface area contributed by atoms with Gasteiger partial charge in [0.2, 0.25) is 0 Å². The first-order valence-corrected chi connectivity index (χ1v) is 31.7. The number of hydrogen-bond acceptors (Lipinski definition) is 2. The third kappa shape index (κ3) is 6.22. The van der Waals surface area contributed by atoms with Crippen LogP contribution in [-0.4, -0.2) is 11.1 Å². The minimum atomic E-state index is -0.599. The van der Waals surface area contributed by atoms with E-state index in [0.717, 1.165) is 25.7 Å². The molecule has 11 aromatic carbocycles. The fourth-order valence-corrected chi connectivity index (χ4v) is 21.5. The van der Waals surface area contributed by atoms with E-state index in [1.807, 2.05) is 0 Å². The van der Waals surface area contributed by atoms with Gasteiger partial charge in [-0.15, -0.1) is 0 Å². The standard InChI is InChI=1S/C83H78N2/c1-75(2)47-77(5,6)81(11)67-44-55(35-40-70(67)84(79(81,9)49-75)58-24-15-13-16-25-58)53-33-37-60-61-38-34-54(56-36-41-71-68(45-56)82(12)78(7,8)48-76(3,4)50-80(82,10)85(71)59-26-17-14-18-27-59)43-66(61)83(65(60)42-53)64-29-20-19-28-62(64)74-63-39-32-52-23-21-22-51-30-31-57(46-69(74)83)73(63)72(51)52/h13-46H,47-50H2,1-12H3. The largest absolute Gasteiger partial charge is 0.334 e. The normalized spacial score (nSPS) is 26.5. The second-order valence-corrected chi connectivity index (χ2v) is 30.9. The highest BCUT2D eigenvalue weighted by Crippen LogP contribution is 2.73. The molecule has 2 saturated carbocycles. The predicted molar refractivity (Wildman–Crippen MR) is 360 cm³/mol. The van der Waals surface area contributed by atoms with Gasteiger partial charge in [0, 0.05) is 33.6 Å². The summed E-state index contributed by atoms with van der Waals surface area (Å²) in [5.41, 5.74) is 23.4. The van der Waals surface area contributed by atoms with Gasteiger partial charge in [0.25, 0.3) is 0 Å².